The number of hydrogen-bond donors (Lipinski definition) is 0. The van der Waals surface area contributed by atoms with Crippen molar-refractivity contribution in [3.8, 4) is 0 Å². The van der Waals surface area contributed by atoms with E-state index in [1.54, 1.807) is 0 Å². The van der Waals surface area contributed by atoms with Crippen LogP contribution in [-0.2, 0) is 28.6 Å². The fraction of sp³-hybridized carbons (Fsp3) is 0.878. The Morgan fingerprint density at radius 2 is 0.412 bits per heavy atom. The van der Waals surface area contributed by atoms with Gasteiger partial charge in [0.1, 0.15) is 13.2 Å². The third-order valence-electron chi connectivity index (χ3n) is 16.3. The normalized spacial score (nSPS) is 12.2. The Balaban J connectivity index is 4.32. The summed E-state index contributed by atoms with van der Waals surface area (Å²) in [4.78, 5) is 38.5. The molecule has 80 heavy (non-hydrogen) atoms. The van der Waals surface area contributed by atoms with E-state index in [0.29, 0.717) is 19.3 Å². The maximum atomic E-state index is 13.0. The minimum absolute atomic E-state index is 0.0709. The Bertz CT molecular complexity index is 1340. The summed E-state index contributed by atoms with van der Waals surface area (Å²) < 4.78 is 17.0. The van der Waals surface area contributed by atoms with Crippen LogP contribution in [0.25, 0.3) is 0 Å². The average molecular weight is 1120 g/mol. The molecule has 0 spiro atoms. The van der Waals surface area contributed by atoms with E-state index in [-0.39, 0.29) is 31.1 Å². The summed E-state index contributed by atoms with van der Waals surface area (Å²) in [5.74, 6) is -0.849. The maximum absolute atomic E-state index is 13.0. The summed E-state index contributed by atoms with van der Waals surface area (Å²) in [5, 5.41) is 0. The first-order valence-electron chi connectivity index (χ1n) is 36.0. The molecule has 6 heteroatoms. The molecule has 0 aromatic carbocycles. The fourth-order valence-electron chi connectivity index (χ4n) is 10.9. The van der Waals surface area contributed by atoms with Crippen molar-refractivity contribution in [1.82, 2.24) is 0 Å². The second-order valence-corrected chi connectivity index (χ2v) is 24.5. The molecule has 0 radical (unpaired) electrons. The summed E-state index contributed by atoms with van der Waals surface area (Å²) in [6.45, 7) is 6.71. The van der Waals surface area contributed by atoms with Crippen LogP contribution in [-0.4, -0.2) is 37.2 Å². The predicted molar refractivity (Wildman–Crippen MR) is 349 cm³/mol. The van der Waals surface area contributed by atoms with Crippen LogP contribution in [0.2, 0.25) is 0 Å². The number of carbonyl (C=O) groups is 3. The zero-order valence-electron chi connectivity index (χ0n) is 54.1. The van der Waals surface area contributed by atoms with Crippen LogP contribution < -0.4 is 0 Å². The minimum Gasteiger partial charge on any atom is -0.462 e. The third kappa shape index (κ3) is 66.4. The molecule has 470 valence electrons. The molecule has 0 aliphatic rings. The van der Waals surface area contributed by atoms with E-state index in [1.165, 1.54) is 302 Å². The summed E-state index contributed by atoms with van der Waals surface area (Å²) >= 11 is 0. The van der Waals surface area contributed by atoms with Crippen LogP contribution in [0.15, 0.2) is 36.5 Å². The van der Waals surface area contributed by atoms with Crippen molar-refractivity contribution in [2.45, 2.75) is 406 Å². The third-order valence-corrected chi connectivity index (χ3v) is 16.3. The van der Waals surface area contributed by atoms with Gasteiger partial charge in [-0.05, 0) is 96.3 Å². The summed E-state index contributed by atoms with van der Waals surface area (Å²) in [7, 11) is 0. The van der Waals surface area contributed by atoms with Gasteiger partial charge < -0.3 is 14.2 Å². The van der Waals surface area contributed by atoms with Gasteiger partial charge in [-0.15, -0.1) is 0 Å². The van der Waals surface area contributed by atoms with E-state index in [2.05, 4.69) is 57.2 Å². The molecule has 0 saturated heterocycles. The topological polar surface area (TPSA) is 78.9 Å². The van der Waals surface area contributed by atoms with Gasteiger partial charge in [0.15, 0.2) is 6.10 Å². The first kappa shape index (κ1) is 77.6. The quantitative estimate of drug-likeness (QED) is 0.0261. The van der Waals surface area contributed by atoms with E-state index in [0.717, 1.165) is 57.8 Å². The second-order valence-electron chi connectivity index (χ2n) is 24.5. The Kier molecular flexibility index (Phi) is 67.1. The molecule has 0 aromatic rings. The highest BCUT2D eigenvalue weighted by Crippen LogP contribution is 2.18. The molecule has 0 saturated carbocycles. The maximum Gasteiger partial charge on any atom is 0.306 e. The average Bonchev–Trinajstić information content (AvgIpc) is 3.46. The van der Waals surface area contributed by atoms with Crippen molar-refractivity contribution in [3.63, 3.8) is 0 Å². The van der Waals surface area contributed by atoms with Gasteiger partial charge in [-0.3, -0.25) is 14.4 Å². The van der Waals surface area contributed by atoms with Crippen molar-refractivity contribution < 1.29 is 28.6 Å². The van der Waals surface area contributed by atoms with Crippen LogP contribution in [0, 0.1) is 0 Å². The highest BCUT2D eigenvalue weighted by atomic mass is 16.6. The van der Waals surface area contributed by atoms with Gasteiger partial charge >= 0.3 is 17.9 Å². The first-order valence-corrected chi connectivity index (χ1v) is 36.0. The zero-order valence-corrected chi connectivity index (χ0v) is 54.1. The number of hydrogen-bond acceptors (Lipinski definition) is 6. The first-order chi connectivity index (χ1) is 39.5. The number of rotatable bonds is 67. The largest absolute Gasteiger partial charge is 0.462 e. The Morgan fingerprint density at radius 1 is 0.237 bits per heavy atom. The molecule has 0 fully saturated rings. The van der Waals surface area contributed by atoms with Gasteiger partial charge in [-0.25, -0.2) is 0 Å². The lowest BCUT2D eigenvalue weighted by molar-refractivity contribution is -0.167. The standard InChI is InChI=1S/C74H138O6/c1-4-7-10-13-16-19-22-25-28-31-34-36-37-39-40-43-46-49-52-55-58-61-64-67-73(76)79-70-71(69-78-72(75)66-63-60-57-54-51-48-45-42-33-30-27-24-21-18-15-12-9-6-3)80-74(77)68-65-62-59-56-53-50-47-44-41-38-35-32-29-26-23-20-17-14-11-8-5-2/h30-35,71H,4-29,36-70H2,1-3H3/b33-30-,34-31-,35-32-. The van der Waals surface area contributed by atoms with E-state index in [4.69, 9.17) is 14.2 Å². The van der Waals surface area contributed by atoms with Gasteiger partial charge in [0.25, 0.3) is 0 Å². The van der Waals surface area contributed by atoms with Gasteiger partial charge in [0, 0.05) is 19.3 Å². The Labute approximate surface area is 499 Å². The van der Waals surface area contributed by atoms with E-state index >= 15 is 0 Å². The highest BCUT2D eigenvalue weighted by molar-refractivity contribution is 5.71. The molecule has 0 aliphatic carbocycles. The highest BCUT2D eigenvalue weighted by Gasteiger charge is 2.19. The van der Waals surface area contributed by atoms with Crippen molar-refractivity contribution in [2.24, 2.45) is 0 Å². The van der Waals surface area contributed by atoms with Crippen LogP contribution in [0.5, 0.6) is 0 Å². The van der Waals surface area contributed by atoms with Crippen molar-refractivity contribution in [2.75, 3.05) is 13.2 Å². The zero-order chi connectivity index (χ0) is 57.8. The number of unbranched alkanes of at least 4 members (excludes halogenated alkanes) is 50. The predicted octanol–water partition coefficient (Wildman–Crippen LogP) is 24.7. The molecule has 0 aromatic heterocycles. The van der Waals surface area contributed by atoms with Crippen molar-refractivity contribution in [1.29, 1.82) is 0 Å². The molecule has 0 bridgehead atoms. The molecular formula is C74H138O6. The smallest absolute Gasteiger partial charge is 0.306 e. The lowest BCUT2D eigenvalue weighted by Crippen LogP contribution is -2.30. The number of ether oxygens (including phenoxy) is 3. The molecular weight excluding hydrogens is 985 g/mol. The van der Waals surface area contributed by atoms with Crippen LogP contribution >= 0.6 is 0 Å². The van der Waals surface area contributed by atoms with E-state index < -0.39 is 6.10 Å². The van der Waals surface area contributed by atoms with Gasteiger partial charge in [0.05, 0.1) is 0 Å². The Hall–Kier alpha value is -2.37. The molecule has 1 atom stereocenters. The second kappa shape index (κ2) is 69.1. The number of esters is 3. The SMILES string of the molecule is CCCCCCCCC/C=C\CCCCCCCCCC(=O)OCC(COC(=O)CCCCCCCCCCCCC/C=C\CCCCCCCCCC)OC(=O)CCCCCCCCCCC/C=C\CCCCCCCCCC. The minimum atomic E-state index is -0.776. The molecule has 0 N–H and O–H groups in total. The van der Waals surface area contributed by atoms with E-state index in [1.807, 2.05) is 0 Å². The van der Waals surface area contributed by atoms with Gasteiger partial charge in [0.2, 0.25) is 0 Å². The lowest BCUT2D eigenvalue weighted by atomic mass is 10.0. The molecule has 0 aliphatic heterocycles. The fourth-order valence-corrected chi connectivity index (χ4v) is 10.9. The molecule has 0 heterocycles. The summed E-state index contributed by atoms with van der Waals surface area (Å²) in [5.41, 5.74) is 0. The van der Waals surface area contributed by atoms with Crippen LogP contribution in [0.4, 0.5) is 0 Å². The molecule has 0 rings (SSSR count). The lowest BCUT2D eigenvalue weighted by Gasteiger charge is -2.18. The molecule has 6 nitrogen and oxygen atoms in total. The van der Waals surface area contributed by atoms with Crippen LogP contribution in [0.3, 0.4) is 0 Å². The van der Waals surface area contributed by atoms with Gasteiger partial charge in [-0.1, -0.05) is 320 Å². The summed E-state index contributed by atoms with van der Waals surface area (Å²) in [6, 6.07) is 0. The summed E-state index contributed by atoms with van der Waals surface area (Å²) in [6.07, 6.45) is 86.0. The number of carbonyl (C=O) groups excluding carboxylic acids is 3. The molecule has 1 unspecified atom stereocenters. The van der Waals surface area contributed by atoms with Gasteiger partial charge in [-0.2, -0.15) is 0 Å². The van der Waals surface area contributed by atoms with E-state index in [9.17, 15) is 14.4 Å². The molecule has 0 amide bonds. The Morgan fingerprint density at radius 3 is 0.625 bits per heavy atom. The van der Waals surface area contributed by atoms with Crippen LogP contribution in [0.1, 0.15) is 400 Å². The van der Waals surface area contributed by atoms with Crippen molar-refractivity contribution >= 4 is 17.9 Å². The number of allylic oxidation sites excluding steroid dienone is 6. The van der Waals surface area contributed by atoms with Crippen molar-refractivity contribution in [3.05, 3.63) is 36.5 Å². The monoisotopic (exact) mass is 1120 g/mol.